The molecule has 0 bridgehead atoms. The molecule has 10 heteroatoms. The van der Waals surface area contributed by atoms with Crippen molar-refractivity contribution in [1.82, 2.24) is 24.7 Å². The van der Waals surface area contributed by atoms with Gasteiger partial charge >= 0.3 is 0 Å². The van der Waals surface area contributed by atoms with Crippen LogP contribution in [0.2, 0.25) is 0 Å². The Morgan fingerprint density at radius 1 is 1.29 bits per heavy atom. The highest BCUT2D eigenvalue weighted by Crippen LogP contribution is 2.27. The molecule has 1 amide bonds. The van der Waals surface area contributed by atoms with E-state index in [-0.39, 0.29) is 11.3 Å². The molecular weight excluding hydrogens is 401 g/mol. The van der Waals surface area contributed by atoms with Crippen LogP contribution in [0.1, 0.15) is 35.4 Å². The van der Waals surface area contributed by atoms with Crippen LogP contribution in [0.5, 0.6) is 0 Å². The summed E-state index contributed by atoms with van der Waals surface area (Å²) in [6, 6.07) is 1.86. The fourth-order valence-corrected chi connectivity index (χ4v) is 3.94. The predicted molar refractivity (Wildman–Crippen MR) is 112 cm³/mol. The summed E-state index contributed by atoms with van der Waals surface area (Å²) >= 11 is 0. The van der Waals surface area contributed by atoms with Gasteiger partial charge in [0.1, 0.15) is 17.7 Å². The van der Waals surface area contributed by atoms with E-state index in [4.69, 9.17) is 0 Å². The van der Waals surface area contributed by atoms with E-state index >= 15 is 0 Å². The minimum atomic E-state index is -0.617. The molecule has 0 spiro atoms. The Morgan fingerprint density at radius 3 is 2.87 bits per heavy atom. The van der Waals surface area contributed by atoms with E-state index in [1.165, 1.54) is 35.7 Å². The maximum atomic E-state index is 14.2. The number of imidazole rings is 1. The summed E-state index contributed by atoms with van der Waals surface area (Å²) in [6.07, 6.45) is 8.64. The van der Waals surface area contributed by atoms with Gasteiger partial charge in [0.15, 0.2) is 11.5 Å². The SMILES string of the molecule is Cc1cn2cc(NC(=O)c3cnc(N4CC(CNC5CC5)CC4O)cn3)cc(F)c2n1. The van der Waals surface area contributed by atoms with E-state index in [1.54, 1.807) is 24.2 Å². The molecule has 162 valence electrons. The van der Waals surface area contributed by atoms with Crippen molar-refractivity contribution in [2.45, 2.75) is 38.5 Å². The number of anilines is 2. The fraction of sp³-hybridized carbons (Fsp3) is 0.429. The van der Waals surface area contributed by atoms with Crippen molar-refractivity contribution in [3.05, 3.63) is 48.1 Å². The van der Waals surface area contributed by atoms with Gasteiger partial charge in [-0.2, -0.15) is 0 Å². The number of aliphatic hydroxyl groups is 1. The second-order valence-electron chi connectivity index (χ2n) is 8.32. The first-order chi connectivity index (χ1) is 15.0. The van der Waals surface area contributed by atoms with Crippen LogP contribution in [0.4, 0.5) is 15.9 Å². The summed E-state index contributed by atoms with van der Waals surface area (Å²) in [5, 5.41) is 16.5. The topological polar surface area (TPSA) is 108 Å². The normalized spacial score (nSPS) is 21.1. The first kappa shape index (κ1) is 19.8. The number of aliphatic hydroxyl groups excluding tert-OH is 1. The molecule has 0 aromatic carbocycles. The lowest BCUT2D eigenvalue weighted by molar-refractivity contribution is 0.102. The van der Waals surface area contributed by atoms with Gasteiger partial charge in [0.2, 0.25) is 0 Å². The zero-order valence-electron chi connectivity index (χ0n) is 17.1. The molecule has 31 heavy (non-hydrogen) atoms. The Balaban J connectivity index is 1.24. The van der Waals surface area contributed by atoms with Gasteiger partial charge in [0.25, 0.3) is 5.91 Å². The summed E-state index contributed by atoms with van der Waals surface area (Å²) in [4.78, 5) is 27.0. The van der Waals surface area contributed by atoms with Crippen LogP contribution < -0.4 is 15.5 Å². The number of pyridine rings is 1. The van der Waals surface area contributed by atoms with E-state index in [2.05, 4.69) is 25.6 Å². The average molecular weight is 425 g/mol. The van der Waals surface area contributed by atoms with Crippen LogP contribution in [-0.4, -0.2) is 55.7 Å². The number of amides is 1. The van der Waals surface area contributed by atoms with Crippen LogP contribution in [0, 0.1) is 18.7 Å². The molecule has 3 aromatic heterocycles. The molecule has 1 saturated heterocycles. The highest BCUT2D eigenvalue weighted by atomic mass is 19.1. The van der Waals surface area contributed by atoms with Crippen molar-refractivity contribution in [2.24, 2.45) is 5.92 Å². The first-order valence-electron chi connectivity index (χ1n) is 10.4. The van der Waals surface area contributed by atoms with E-state index in [9.17, 15) is 14.3 Å². The Kier molecular flexibility index (Phi) is 5.03. The molecule has 1 aliphatic heterocycles. The number of nitrogens with one attached hydrogen (secondary N) is 2. The molecule has 2 fully saturated rings. The number of carbonyl (C=O) groups is 1. The lowest BCUT2D eigenvalue weighted by Crippen LogP contribution is -2.31. The van der Waals surface area contributed by atoms with Crippen molar-refractivity contribution < 1.29 is 14.3 Å². The number of aryl methyl sites for hydroxylation is 1. The highest BCUT2D eigenvalue weighted by molar-refractivity contribution is 6.02. The van der Waals surface area contributed by atoms with Gasteiger partial charge in [0.05, 0.1) is 23.8 Å². The summed E-state index contributed by atoms with van der Waals surface area (Å²) in [5.74, 6) is -0.152. The van der Waals surface area contributed by atoms with Crippen molar-refractivity contribution in [3.8, 4) is 0 Å². The molecule has 1 aliphatic carbocycles. The van der Waals surface area contributed by atoms with Gasteiger partial charge in [-0.1, -0.05) is 0 Å². The molecule has 4 heterocycles. The third-order valence-electron chi connectivity index (χ3n) is 5.68. The molecular formula is C21H24FN7O2. The summed E-state index contributed by atoms with van der Waals surface area (Å²) in [6.45, 7) is 3.33. The number of halogens is 1. The number of aromatic nitrogens is 4. The van der Waals surface area contributed by atoms with Gasteiger partial charge in [-0.15, -0.1) is 0 Å². The summed E-state index contributed by atoms with van der Waals surface area (Å²) in [5.41, 5.74) is 1.28. The molecule has 2 atom stereocenters. The lowest BCUT2D eigenvalue weighted by atomic mass is 10.1. The van der Waals surface area contributed by atoms with E-state index in [0.717, 1.165) is 6.54 Å². The molecule has 9 nitrogen and oxygen atoms in total. The monoisotopic (exact) mass is 425 g/mol. The Labute approximate surface area is 178 Å². The zero-order valence-corrected chi connectivity index (χ0v) is 17.1. The number of rotatable bonds is 6. The number of fused-ring (bicyclic) bond motifs is 1. The third-order valence-corrected chi connectivity index (χ3v) is 5.68. The fourth-order valence-electron chi connectivity index (χ4n) is 3.94. The van der Waals surface area contributed by atoms with Crippen LogP contribution in [0.15, 0.2) is 30.9 Å². The molecule has 0 radical (unpaired) electrons. The maximum absolute atomic E-state index is 14.2. The Hall–Kier alpha value is -3.11. The number of nitrogens with zero attached hydrogens (tertiary/aromatic N) is 5. The van der Waals surface area contributed by atoms with E-state index < -0.39 is 18.0 Å². The lowest BCUT2D eigenvalue weighted by Gasteiger charge is -2.21. The summed E-state index contributed by atoms with van der Waals surface area (Å²) < 4.78 is 15.7. The molecule has 3 N–H and O–H groups in total. The smallest absolute Gasteiger partial charge is 0.275 e. The highest BCUT2D eigenvalue weighted by Gasteiger charge is 2.33. The van der Waals surface area contributed by atoms with Gasteiger partial charge in [-0.05, 0) is 32.1 Å². The number of hydrogen-bond acceptors (Lipinski definition) is 7. The van der Waals surface area contributed by atoms with Gasteiger partial charge < -0.3 is 25.0 Å². The van der Waals surface area contributed by atoms with Crippen molar-refractivity contribution in [1.29, 1.82) is 0 Å². The van der Waals surface area contributed by atoms with Crippen LogP contribution in [0.3, 0.4) is 0 Å². The second-order valence-corrected chi connectivity index (χ2v) is 8.32. The Bertz CT molecular complexity index is 1110. The number of carbonyl (C=O) groups excluding carboxylic acids is 1. The first-order valence-corrected chi connectivity index (χ1v) is 10.4. The van der Waals surface area contributed by atoms with Gasteiger partial charge in [-0.3, -0.25) is 4.79 Å². The predicted octanol–water partition coefficient (Wildman–Crippen LogP) is 1.72. The second kappa shape index (κ2) is 7.86. The molecule has 2 unspecified atom stereocenters. The maximum Gasteiger partial charge on any atom is 0.275 e. The van der Waals surface area contributed by atoms with Gasteiger partial charge in [0, 0.05) is 37.6 Å². The molecule has 5 rings (SSSR count). The molecule has 1 saturated carbocycles. The van der Waals surface area contributed by atoms with E-state index in [0.29, 0.717) is 42.1 Å². The third kappa shape index (κ3) is 4.21. The largest absolute Gasteiger partial charge is 0.374 e. The average Bonchev–Trinajstić information content (AvgIpc) is 3.39. The van der Waals surface area contributed by atoms with Crippen LogP contribution in [0.25, 0.3) is 5.65 Å². The zero-order chi connectivity index (χ0) is 21.5. The molecule has 2 aliphatic rings. The van der Waals surface area contributed by atoms with Crippen molar-refractivity contribution in [3.63, 3.8) is 0 Å². The number of hydrogen-bond donors (Lipinski definition) is 3. The van der Waals surface area contributed by atoms with Gasteiger partial charge in [-0.25, -0.2) is 19.3 Å². The molecule has 3 aromatic rings. The van der Waals surface area contributed by atoms with Crippen LogP contribution >= 0.6 is 0 Å². The quantitative estimate of drug-likeness (QED) is 0.552. The van der Waals surface area contributed by atoms with Crippen molar-refractivity contribution in [2.75, 3.05) is 23.3 Å². The summed E-state index contributed by atoms with van der Waals surface area (Å²) in [7, 11) is 0. The standard InChI is InChI=1S/C21H24FN7O2/c1-12-9-28-11-15(5-16(22)20(28)26-12)27-21(31)17-7-25-18(8-24-17)29-10-13(4-19(29)30)6-23-14-2-3-14/h5,7-9,11,13-14,19,23,30H,2-4,6,10H2,1H3,(H,27,31). The van der Waals surface area contributed by atoms with Crippen molar-refractivity contribution >= 4 is 23.1 Å². The Morgan fingerprint density at radius 2 is 2.13 bits per heavy atom. The minimum absolute atomic E-state index is 0.103. The van der Waals surface area contributed by atoms with Crippen LogP contribution in [-0.2, 0) is 0 Å². The minimum Gasteiger partial charge on any atom is -0.374 e. The van der Waals surface area contributed by atoms with E-state index in [1.807, 2.05) is 0 Å².